The predicted octanol–water partition coefficient (Wildman–Crippen LogP) is 3.90. The minimum atomic E-state index is 0.130. The molecule has 4 nitrogen and oxygen atoms in total. The van der Waals surface area contributed by atoms with E-state index < -0.39 is 0 Å². The molecule has 108 valence electrons. The third-order valence-electron chi connectivity index (χ3n) is 2.86. The summed E-state index contributed by atoms with van der Waals surface area (Å²) in [4.78, 5) is 0. The molecule has 2 aromatic rings. The van der Waals surface area contributed by atoms with Crippen LogP contribution in [0.25, 0.3) is 6.08 Å². The maximum Gasteiger partial charge on any atom is 0.161 e. The van der Waals surface area contributed by atoms with Crippen molar-refractivity contribution < 1.29 is 9.84 Å². The highest BCUT2D eigenvalue weighted by atomic mass is 16.5. The Labute approximate surface area is 124 Å². The molecule has 0 aliphatic carbocycles. The summed E-state index contributed by atoms with van der Waals surface area (Å²) in [5.74, 6) is 0.583. The molecule has 4 heteroatoms. The number of anilines is 1. The number of allylic oxidation sites excluding steroid dienone is 1. The number of rotatable bonds is 5. The van der Waals surface area contributed by atoms with Gasteiger partial charge in [0.25, 0.3) is 0 Å². The fourth-order valence-corrected chi connectivity index (χ4v) is 1.72. The maximum atomic E-state index is 9.54. The highest BCUT2D eigenvalue weighted by Crippen LogP contribution is 2.26. The number of nitrogens with zero attached hydrogens (tertiary/aromatic N) is 1. The Morgan fingerprint density at radius 1 is 1.19 bits per heavy atom. The van der Waals surface area contributed by atoms with E-state index in [1.165, 1.54) is 7.11 Å². The van der Waals surface area contributed by atoms with E-state index in [4.69, 9.17) is 4.74 Å². The van der Waals surface area contributed by atoms with Gasteiger partial charge in [0.1, 0.15) is 0 Å². The van der Waals surface area contributed by atoms with Crippen LogP contribution in [-0.4, -0.2) is 17.9 Å². The molecular weight excluding hydrogens is 264 g/mol. The second kappa shape index (κ2) is 7.14. The number of benzene rings is 2. The van der Waals surface area contributed by atoms with Crippen LogP contribution in [-0.2, 0) is 0 Å². The van der Waals surface area contributed by atoms with Crippen LogP contribution in [0.3, 0.4) is 0 Å². The quantitative estimate of drug-likeness (QED) is 0.646. The molecule has 0 saturated heterocycles. The standard InChI is InChI=1S/C17H18N2O2/c1-13(18-19-15-6-4-3-5-7-15)8-9-14-10-11-16(20)17(12-14)21-2/h3-12,19-20H,1-2H3/b9-8-,18-13+. The SMILES string of the molecule is COc1cc(/C=C\C(C)=N\Nc2ccccc2)ccc1O. The molecule has 0 heterocycles. The highest BCUT2D eigenvalue weighted by Gasteiger charge is 2.00. The van der Waals surface area contributed by atoms with Crippen LogP contribution in [0.4, 0.5) is 5.69 Å². The van der Waals surface area contributed by atoms with E-state index in [1.807, 2.05) is 55.5 Å². The second-order valence-corrected chi connectivity index (χ2v) is 4.50. The number of ether oxygens (including phenoxy) is 1. The lowest BCUT2D eigenvalue weighted by Crippen LogP contribution is -1.93. The summed E-state index contributed by atoms with van der Waals surface area (Å²) in [5.41, 5.74) is 5.69. The highest BCUT2D eigenvalue weighted by molar-refractivity contribution is 5.96. The van der Waals surface area contributed by atoms with Gasteiger partial charge in [-0.05, 0) is 42.8 Å². The Balaban J connectivity index is 2.03. The molecular formula is C17H18N2O2. The van der Waals surface area contributed by atoms with Crippen LogP contribution in [0.2, 0.25) is 0 Å². The van der Waals surface area contributed by atoms with E-state index in [-0.39, 0.29) is 5.75 Å². The van der Waals surface area contributed by atoms with Crippen LogP contribution in [0.1, 0.15) is 12.5 Å². The van der Waals surface area contributed by atoms with Crippen LogP contribution in [0, 0.1) is 0 Å². The first-order chi connectivity index (χ1) is 10.2. The molecule has 0 saturated carbocycles. The first-order valence-corrected chi connectivity index (χ1v) is 6.59. The van der Waals surface area contributed by atoms with Crippen molar-refractivity contribution in [3.8, 4) is 11.5 Å². The van der Waals surface area contributed by atoms with Crippen molar-refractivity contribution in [2.45, 2.75) is 6.92 Å². The van der Waals surface area contributed by atoms with E-state index in [2.05, 4.69) is 10.5 Å². The molecule has 0 atom stereocenters. The minimum absolute atomic E-state index is 0.130. The molecule has 0 bridgehead atoms. The number of hydrogen-bond acceptors (Lipinski definition) is 4. The zero-order valence-corrected chi connectivity index (χ0v) is 12.1. The van der Waals surface area contributed by atoms with Gasteiger partial charge in [-0.3, -0.25) is 5.43 Å². The number of hydrogen-bond donors (Lipinski definition) is 2. The number of nitrogens with one attached hydrogen (secondary N) is 1. The monoisotopic (exact) mass is 282 g/mol. The number of phenolic OH excluding ortho intramolecular Hbond substituents is 1. The van der Waals surface area contributed by atoms with E-state index >= 15 is 0 Å². The third-order valence-corrected chi connectivity index (χ3v) is 2.86. The van der Waals surface area contributed by atoms with E-state index in [0.29, 0.717) is 5.75 Å². The van der Waals surface area contributed by atoms with Crippen molar-refractivity contribution in [1.29, 1.82) is 0 Å². The smallest absolute Gasteiger partial charge is 0.161 e. The number of phenols is 1. The van der Waals surface area contributed by atoms with Gasteiger partial charge in [0.15, 0.2) is 11.5 Å². The van der Waals surface area contributed by atoms with Crippen molar-refractivity contribution in [1.82, 2.24) is 0 Å². The molecule has 0 unspecified atom stereocenters. The zero-order chi connectivity index (χ0) is 15.1. The topological polar surface area (TPSA) is 53.8 Å². The Kier molecular flexibility index (Phi) is 4.99. The van der Waals surface area contributed by atoms with E-state index in [0.717, 1.165) is 17.0 Å². The van der Waals surface area contributed by atoms with Gasteiger partial charge < -0.3 is 9.84 Å². The summed E-state index contributed by atoms with van der Waals surface area (Å²) >= 11 is 0. The summed E-state index contributed by atoms with van der Waals surface area (Å²) in [6.07, 6.45) is 3.80. The van der Waals surface area contributed by atoms with Gasteiger partial charge in [-0.1, -0.05) is 30.3 Å². The molecule has 0 radical (unpaired) electrons. The molecule has 0 aromatic heterocycles. The van der Waals surface area contributed by atoms with Crippen LogP contribution < -0.4 is 10.2 Å². The largest absolute Gasteiger partial charge is 0.504 e. The van der Waals surface area contributed by atoms with Crippen molar-refractivity contribution in [3.05, 3.63) is 60.2 Å². The van der Waals surface area contributed by atoms with Crippen molar-refractivity contribution in [2.24, 2.45) is 5.10 Å². The lowest BCUT2D eigenvalue weighted by Gasteiger charge is -2.03. The first kappa shape index (κ1) is 14.7. The third kappa shape index (κ3) is 4.38. The molecule has 2 N–H and O–H groups in total. The summed E-state index contributed by atoms with van der Waals surface area (Å²) < 4.78 is 5.07. The normalized spacial score (nSPS) is 11.6. The molecule has 0 aliphatic rings. The van der Waals surface area contributed by atoms with Crippen molar-refractivity contribution in [3.63, 3.8) is 0 Å². The Hall–Kier alpha value is -2.75. The van der Waals surface area contributed by atoms with E-state index in [9.17, 15) is 5.11 Å². The lowest BCUT2D eigenvalue weighted by atomic mass is 10.1. The zero-order valence-electron chi connectivity index (χ0n) is 12.1. The maximum absolute atomic E-state index is 9.54. The fraction of sp³-hybridized carbons (Fsp3) is 0.118. The molecule has 0 amide bonds. The second-order valence-electron chi connectivity index (χ2n) is 4.50. The lowest BCUT2D eigenvalue weighted by molar-refractivity contribution is 0.373. The fourth-order valence-electron chi connectivity index (χ4n) is 1.72. The van der Waals surface area contributed by atoms with Gasteiger partial charge in [-0.25, -0.2) is 0 Å². The first-order valence-electron chi connectivity index (χ1n) is 6.59. The van der Waals surface area contributed by atoms with Gasteiger partial charge in [0.2, 0.25) is 0 Å². The molecule has 2 rings (SSSR count). The van der Waals surface area contributed by atoms with Crippen molar-refractivity contribution in [2.75, 3.05) is 12.5 Å². The van der Waals surface area contributed by atoms with Gasteiger partial charge in [0.05, 0.1) is 18.5 Å². The number of para-hydroxylation sites is 1. The van der Waals surface area contributed by atoms with Crippen LogP contribution >= 0.6 is 0 Å². The number of aromatic hydroxyl groups is 1. The molecule has 0 spiro atoms. The molecule has 21 heavy (non-hydrogen) atoms. The van der Waals surface area contributed by atoms with Gasteiger partial charge in [0, 0.05) is 0 Å². The van der Waals surface area contributed by atoms with Gasteiger partial charge >= 0.3 is 0 Å². The molecule has 0 fully saturated rings. The minimum Gasteiger partial charge on any atom is -0.504 e. The predicted molar refractivity (Wildman–Crippen MR) is 86.9 cm³/mol. The van der Waals surface area contributed by atoms with Gasteiger partial charge in [-0.15, -0.1) is 0 Å². The molecule has 2 aromatic carbocycles. The summed E-state index contributed by atoms with van der Waals surface area (Å²) in [7, 11) is 1.53. The Morgan fingerprint density at radius 3 is 2.67 bits per heavy atom. The van der Waals surface area contributed by atoms with Gasteiger partial charge in [-0.2, -0.15) is 5.10 Å². The Morgan fingerprint density at radius 2 is 1.95 bits per heavy atom. The van der Waals surface area contributed by atoms with Crippen molar-refractivity contribution >= 4 is 17.5 Å². The average Bonchev–Trinajstić information content (AvgIpc) is 2.53. The average molecular weight is 282 g/mol. The molecule has 0 aliphatic heterocycles. The number of hydrazone groups is 1. The summed E-state index contributed by atoms with van der Waals surface area (Å²) in [5, 5.41) is 13.8. The van der Waals surface area contributed by atoms with Crippen LogP contribution in [0.15, 0.2) is 59.7 Å². The summed E-state index contributed by atoms with van der Waals surface area (Å²) in [6, 6.07) is 14.9. The van der Waals surface area contributed by atoms with Crippen LogP contribution in [0.5, 0.6) is 11.5 Å². The number of methoxy groups -OCH3 is 1. The van der Waals surface area contributed by atoms with E-state index in [1.54, 1.807) is 12.1 Å². The Bertz CT molecular complexity index is 649. The summed E-state index contributed by atoms with van der Waals surface area (Å²) in [6.45, 7) is 1.91.